The molecule has 0 radical (unpaired) electrons. The van der Waals surface area contributed by atoms with E-state index in [1.54, 1.807) is 0 Å². The summed E-state index contributed by atoms with van der Waals surface area (Å²) >= 11 is 2.34. The highest BCUT2D eigenvalue weighted by molar-refractivity contribution is 14.1. The van der Waals surface area contributed by atoms with Gasteiger partial charge in [-0.3, -0.25) is 9.47 Å². The monoisotopic (exact) mass is 447 g/mol. The number of imidazole rings is 1. The lowest BCUT2D eigenvalue weighted by atomic mass is 10.00. The molecule has 0 spiro atoms. The number of aromatic amines is 1. The number of halogens is 1. The standard InChI is InChI=1S/C20H22IN3O/c1-14(15-6-8-16(21)9-7-15)23-12-10-17(11-13-23)24-19-5-3-2-4-18(19)22-20(24)25/h2-9,14,17H,10-13H2,1H3,(H,22,25). The number of hydrogen-bond acceptors (Lipinski definition) is 2. The molecule has 1 fully saturated rings. The molecule has 4 rings (SSSR count). The summed E-state index contributed by atoms with van der Waals surface area (Å²) in [4.78, 5) is 17.9. The van der Waals surface area contributed by atoms with Gasteiger partial charge in [0.25, 0.3) is 0 Å². The van der Waals surface area contributed by atoms with Gasteiger partial charge in [-0.15, -0.1) is 0 Å². The smallest absolute Gasteiger partial charge is 0.306 e. The summed E-state index contributed by atoms with van der Waals surface area (Å²) in [5.74, 6) is 0. The fraction of sp³-hybridized carbons (Fsp3) is 0.350. The highest BCUT2D eigenvalue weighted by Gasteiger charge is 2.26. The quantitative estimate of drug-likeness (QED) is 0.608. The van der Waals surface area contributed by atoms with E-state index in [-0.39, 0.29) is 11.7 Å². The van der Waals surface area contributed by atoms with Crippen LogP contribution in [0.15, 0.2) is 53.3 Å². The fourth-order valence-electron chi connectivity index (χ4n) is 3.92. The molecule has 1 aromatic heterocycles. The summed E-state index contributed by atoms with van der Waals surface area (Å²) in [5.41, 5.74) is 3.34. The molecule has 1 N–H and O–H groups in total. The molecule has 0 bridgehead atoms. The minimum Gasteiger partial charge on any atom is -0.306 e. The third-order valence-corrected chi connectivity index (χ3v) is 6.11. The van der Waals surface area contributed by atoms with Crippen molar-refractivity contribution >= 4 is 33.6 Å². The Kier molecular flexibility index (Phi) is 4.69. The summed E-state index contributed by atoms with van der Waals surface area (Å²) in [5, 5.41) is 0. The maximum absolute atomic E-state index is 12.4. The molecular weight excluding hydrogens is 425 g/mol. The number of benzene rings is 2. The van der Waals surface area contributed by atoms with E-state index in [1.165, 1.54) is 9.13 Å². The van der Waals surface area contributed by atoms with Gasteiger partial charge >= 0.3 is 5.69 Å². The molecule has 0 aliphatic carbocycles. The molecule has 2 aromatic carbocycles. The first kappa shape index (κ1) is 16.8. The minimum atomic E-state index is 0.0188. The molecule has 1 aliphatic heterocycles. The van der Waals surface area contributed by atoms with Crippen molar-refractivity contribution in [3.63, 3.8) is 0 Å². The maximum Gasteiger partial charge on any atom is 0.326 e. The van der Waals surface area contributed by atoms with Gasteiger partial charge in [0.05, 0.1) is 11.0 Å². The lowest BCUT2D eigenvalue weighted by molar-refractivity contribution is 0.144. The molecule has 1 saturated heterocycles. The largest absolute Gasteiger partial charge is 0.326 e. The Bertz CT molecular complexity index is 920. The summed E-state index contributed by atoms with van der Waals surface area (Å²) in [7, 11) is 0. The van der Waals surface area contributed by atoms with Gasteiger partial charge in [0.1, 0.15) is 0 Å². The molecule has 1 aliphatic rings. The zero-order valence-electron chi connectivity index (χ0n) is 14.3. The van der Waals surface area contributed by atoms with Crippen LogP contribution in [-0.4, -0.2) is 27.5 Å². The van der Waals surface area contributed by atoms with Gasteiger partial charge in [-0.1, -0.05) is 24.3 Å². The predicted octanol–water partition coefficient (Wildman–Crippen LogP) is 4.33. The third-order valence-electron chi connectivity index (χ3n) is 5.39. The number of hydrogen-bond donors (Lipinski definition) is 1. The number of H-pyrrole nitrogens is 1. The van der Waals surface area contributed by atoms with E-state index in [9.17, 15) is 4.79 Å². The number of rotatable bonds is 3. The van der Waals surface area contributed by atoms with Crippen molar-refractivity contribution in [2.75, 3.05) is 13.1 Å². The molecule has 4 nitrogen and oxygen atoms in total. The average molecular weight is 447 g/mol. The van der Waals surface area contributed by atoms with Gasteiger partial charge in [-0.05, 0) is 72.2 Å². The Morgan fingerprint density at radius 3 is 2.48 bits per heavy atom. The Labute approximate surface area is 161 Å². The van der Waals surface area contributed by atoms with Crippen LogP contribution in [0.25, 0.3) is 11.0 Å². The van der Waals surface area contributed by atoms with E-state index in [1.807, 2.05) is 28.8 Å². The topological polar surface area (TPSA) is 41.0 Å². The van der Waals surface area contributed by atoms with Crippen LogP contribution in [0.4, 0.5) is 0 Å². The Hall–Kier alpha value is -1.60. The van der Waals surface area contributed by atoms with Crippen molar-refractivity contribution in [2.24, 2.45) is 0 Å². The normalized spacial score (nSPS) is 17.8. The highest BCUT2D eigenvalue weighted by atomic mass is 127. The third kappa shape index (κ3) is 3.27. The Morgan fingerprint density at radius 1 is 1.08 bits per heavy atom. The van der Waals surface area contributed by atoms with Gasteiger partial charge in [0.15, 0.2) is 0 Å². The van der Waals surface area contributed by atoms with Crippen molar-refractivity contribution in [1.82, 2.24) is 14.5 Å². The molecule has 130 valence electrons. The highest BCUT2D eigenvalue weighted by Crippen LogP contribution is 2.30. The Balaban J connectivity index is 1.50. The number of para-hydroxylation sites is 2. The molecule has 5 heteroatoms. The van der Waals surface area contributed by atoms with Crippen LogP contribution in [0.5, 0.6) is 0 Å². The van der Waals surface area contributed by atoms with E-state index in [4.69, 9.17) is 0 Å². The van der Waals surface area contributed by atoms with Gasteiger partial charge < -0.3 is 4.98 Å². The zero-order chi connectivity index (χ0) is 17.4. The van der Waals surface area contributed by atoms with Crippen molar-refractivity contribution in [2.45, 2.75) is 31.8 Å². The van der Waals surface area contributed by atoms with E-state index in [2.05, 4.69) is 63.7 Å². The van der Waals surface area contributed by atoms with Crippen LogP contribution in [0.3, 0.4) is 0 Å². The maximum atomic E-state index is 12.4. The second-order valence-electron chi connectivity index (χ2n) is 6.81. The van der Waals surface area contributed by atoms with Crippen LogP contribution in [-0.2, 0) is 0 Å². The van der Waals surface area contributed by atoms with Gasteiger partial charge in [-0.25, -0.2) is 4.79 Å². The van der Waals surface area contributed by atoms with E-state index < -0.39 is 0 Å². The minimum absolute atomic E-state index is 0.0188. The lowest BCUT2D eigenvalue weighted by Crippen LogP contribution is -2.38. The average Bonchev–Trinajstić information content (AvgIpc) is 2.97. The lowest BCUT2D eigenvalue weighted by Gasteiger charge is -2.36. The molecule has 3 aromatic rings. The van der Waals surface area contributed by atoms with Crippen molar-refractivity contribution in [3.8, 4) is 0 Å². The number of aromatic nitrogens is 2. The summed E-state index contributed by atoms with van der Waals surface area (Å²) in [6.45, 7) is 4.31. The summed E-state index contributed by atoms with van der Waals surface area (Å²) < 4.78 is 3.23. The number of piperidine rings is 1. The zero-order valence-corrected chi connectivity index (χ0v) is 16.4. The van der Waals surface area contributed by atoms with E-state index in [0.717, 1.165) is 37.0 Å². The molecule has 0 amide bonds. The van der Waals surface area contributed by atoms with Crippen LogP contribution >= 0.6 is 22.6 Å². The van der Waals surface area contributed by atoms with Crippen molar-refractivity contribution in [1.29, 1.82) is 0 Å². The number of fused-ring (bicyclic) bond motifs is 1. The van der Waals surface area contributed by atoms with E-state index in [0.29, 0.717) is 6.04 Å². The first-order valence-corrected chi connectivity index (χ1v) is 9.90. The van der Waals surface area contributed by atoms with Gasteiger partial charge in [0, 0.05) is 28.7 Å². The van der Waals surface area contributed by atoms with Crippen LogP contribution in [0.2, 0.25) is 0 Å². The van der Waals surface area contributed by atoms with Gasteiger partial charge in [-0.2, -0.15) is 0 Å². The van der Waals surface area contributed by atoms with Crippen LogP contribution < -0.4 is 5.69 Å². The molecule has 0 saturated carbocycles. The predicted molar refractivity (Wildman–Crippen MR) is 110 cm³/mol. The first-order chi connectivity index (χ1) is 12.1. The fourth-order valence-corrected chi connectivity index (χ4v) is 4.28. The number of likely N-dealkylation sites (tertiary alicyclic amines) is 1. The molecule has 2 heterocycles. The van der Waals surface area contributed by atoms with Crippen LogP contribution in [0, 0.1) is 3.57 Å². The summed E-state index contributed by atoms with van der Waals surface area (Å²) in [6.07, 6.45) is 2.02. The SMILES string of the molecule is CC(c1ccc(I)cc1)N1CCC(n2c(=O)[nH]c3ccccc32)CC1. The first-order valence-electron chi connectivity index (χ1n) is 8.82. The molecule has 25 heavy (non-hydrogen) atoms. The molecule has 1 atom stereocenters. The summed E-state index contributed by atoms with van der Waals surface area (Å²) in [6, 6.07) is 17.5. The second-order valence-corrected chi connectivity index (χ2v) is 8.06. The number of nitrogens with one attached hydrogen (secondary N) is 1. The number of nitrogens with zero attached hydrogens (tertiary/aromatic N) is 2. The van der Waals surface area contributed by atoms with Gasteiger partial charge in [0.2, 0.25) is 0 Å². The van der Waals surface area contributed by atoms with Crippen molar-refractivity contribution in [3.05, 3.63) is 68.1 Å². The molecular formula is C20H22IN3O. The Morgan fingerprint density at radius 2 is 1.76 bits per heavy atom. The van der Waals surface area contributed by atoms with E-state index >= 15 is 0 Å². The van der Waals surface area contributed by atoms with Crippen LogP contribution in [0.1, 0.15) is 37.4 Å². The second kappa shape index (κ2) is 6.96. The molecule has 1 unspecified atom stereocenters. The van der Waals surface area contributed by atoms with Crippen molar-refractivity contribution < 1.29 is 0 Å².